The summed E-state index contributed by atoms with van der Waals surface area (Å²) in [6.45, 7) is 16.2. The zero-order valence-corrected chi connectivity index (χ0v) is 22.5. The van der Waals surface area contributed by atoms with Crippen molar-refractivity contribution in [3.05, 3.63) is 70.8 Å². The first-order chi connectivity index (χ1) is 16.0. The lowest BCUT2D eigenvalue weighted by Crippen LogP contribution is -2.53. The SMILES string of the molecule is CC(C)c1ccc2c(c1)[C@@]1(C)CC[C@H]([C@@H](O[C@H](C)C[C@@H](C)O)c3ccccc3)C(C)(C)[C@@H]1CC2. The predicted molar refractivity (Wildman–Crippen MR) is 142 cm³/mol. The van der Waals surface area contributed by atoms with E-state index in [1.165, 1.54) is 30.4 Å². The zero-order valence-electron chi connectivity index (χ0n) is 22.5. The maximum atomic E-state index is 9.98. The summed E-state index contributed by atoms with van der Waals surface area (Å²) in [6.07, 6.45) is 5.19. The smallest absolute Gasteiger partial charge is 0.0861 e. The lowest BCUT2D eigenvalue weighted by Gasteiger charge is -2.59. The predicted octanol–water partition coefficient (Wildman–Crippen LogP) is 7.98. The van der Waals surface area contributed by atoms with Crippen LogP contribution in [0.5, 0.6) is 0 Å². The van der Waals surface area contributed by atoms with Gasteiger partial charge in [-0.1, -0.05) is 83.1 Å². The van der Waals surface area contributed by atoms with E-state index in [-0.39, 0.29) is 29.1 Å². The Balaban J connectivity index is 1.69. The summed E-state index contributed by atoms with van der Waals surface area (Å²) in [5, 5.41) is 9.98. The van der Waals surface area contributed by atoms with Crippen molar-refractivity contribution in [2.75, 3.05) is 0 Å². The molecule has 0 amide bonds. The van der Waals surface area contributed by atoms with Gasteiger partial charge in [-0.25, -0.2) is 0 Å². The highest BCUT2D eigenvalue weighted by atomic mass is 16.5. The van der Waals surface area contributed by atoms with Crippen molar-refractivity contribution >= 4 is 0 Å². The molecule has 34 heavy (non-hydrogen) atoms. The lowest BCUT2D eigenvalue weighted by atomic mass is 9.46. The Morgan fingerprint density at radius 1 is 0.941 bits per heavy atom. The second-order valence-electron chi connectivity index (χ2n) is 12.4. The first-order valence-electron chi connectivity index (χ1n) is 13.6. The maximum Gasteiger partial charge on any atom is 0.0861 e. The van der Waals surface area contributed by atoms with E-state index in [0.29, 0.717) is 24.2 Å². The van der Waals surface area contributed by atoms with Crippen LogP contribution in [-0.4, -0.2) is 17.3 Å². The highest BCUT2D eigenvalue weighted by Crippen LogP contribution is 2.62. The Kier molecular flexibility index (Phi) is 7.32. The molecule has 6 atom stereocenters. The zero-order chi connectivity index (χ0) is 24.7. The van der Waals surface area contributed by atoms with Crippen LogP contribution >= 0.6 is 0 Å². The van der Waals surface area contributed by atoms with Crippen LogP contribution in [-0.2, 0) is 16.6 Å². The molecule has 0 unspecified atom stereocenters. The molecule has 2 aromatic carbocycles. The van der Waals surface area contributed by atoms with Crippen LogP contribution < -0.4 is 0 Å². The van der Waals surface area contributed by atoms with Crippen LogP contribution in [0.2, 0.25) is 0 Å². The van der Waals surface area contributed by atoms with Crippen molar-refractivity contribution in [1.29, 1.82) is 0 Å². The topological polar surface area (TPSA) is 29.5 Å². The number of ether oxygens (including phenoxy) is 1. The fourth-order valence-electron chi connectivity index (χ4n) is 7.47. The summed E-state index contributed by atoms with van der Waals surface area (Å²) in [5.74, 6) is 1.62. The number of fused-ring (bicyclic) bond motifs is 3. The summed E-state index contributed by atoms with van der Waals surface area (Å²) >= 11 is 0. The molecule has 186 valence electrons. The van der Waals surface area contributed by atoms with Gasteiger partial charge in [-0.15, -0.1) is 0 Å². The monoisotopic (exact) mass is 462 g/mol. The molecule has 2 nitrogen and oxygen atoms in total. The molecule has 1 saturated carbocycles. The summed E-state index contributed by atoms with van der Waals surface area (Å²) in [4.78, 5) is 0. The Bertz CT molecular complexity index is 960. The molecule has 1 N–H and O–H groups in total. The van der Waals surface area contributed by atoms with Gasteiger partial charge in [-0.2, -0.15) is 0 Å². The molecule has 0 saturated heterocycles. The van der Waals surface area contributed by atoms with Gasteiger partial charge in [0, 0.05) is 0 Å². The average Bonchev–Trinajstić information content (AvgIpc) is 2.77. The molecule has 0 radical (unpaired) electrons. The van der Waals surface area contributed by atoms with E-state index in [2.05, 4.69) is 90.1 Å². The standard InChI is InChI=1S/C32H46O2/c1-21(2)26-14-13-24-15-16-29-31(5,6)27(17-18-32(29,7)28(24)20-26)30(25-11-9-8-10-12-25)34-23(4)19-22(3)33/h8-14,20-23,27,29-30,33H,15-19H2,1-7H3/t22-,23-,27-,29+,30+,32-/m1/s1. The van der Waals surface area contributed by atoms with Crippen molar-refractivity contribution in [2.24, 2.45) is 17.3 Å². The maximum absolute atomic E-state index is 9.98. The molecule has 2 aromatic rings. The lowest BCUT2D eigenvalue weighted by molar-refractivity contribution is -0.123. The Labute approximate surface area is 208 Å². The molecule has 2 aliphatic carbocycles. The van der Waals surface area contributed by atoms with Gasteiger partial charge in [0.25, 0.3) is 0 Å². The summed E-state index contributed by atoms with van der Waals surface area (Å²) in [7, 11) is 0. The van der Waals surface area contributed by atoms with E-state index >= 15 is 0 Å². The van der Waals surface area contributed by atoms with E-state index in [9.17, 15) is 5.11 Å². The first kappa shape index (κ1) is 25.5. The summed E-state index contributed by atoms with van der Waals surface area (Å²) in [5.41, 5.74) is 6.28. The summed E-state index contributed by atoms with van der Waals surface area (Å²) in [6, 6.07) is 18.1. The van der Waals surface area contributed by atoms with Gasteiger partial charge in [0.15, 0.2) is 0 Å². The van der Waals surface area contributed by atoms with E-state index in [1.807, 2.05) is 6.92 Å². The molecule has 1 fully saturated rings. The molecular weight excluding hydrogens is 416 g/mol. The van der Waals surface area contributed by atoms with Gasteiger partial charge >= 0.3 is 0 Å². The molecular formula is C32H46O2. The number of hydrogen-bond donors (Lipinski definition) is 1. The van der Waals surface area contributed by atoms with E-state index in [1.54, 1.807) is 11.1 Å². The number of aliphatic hydroxyl groups excluding tert-OH is 1. The molecule has 0 spiro atoms. The molecule has 2 aliphatic rings. The fraction of sp³-hybridized carbons (Fsp3) is 0.625. The molecule has 0 aromatic heterocycles. The molecule has 4 rings (SSSR count). The van der Waals surface area contributed by atoms with Gasteiger partial charge in [0.1, 0.15) is 0 Å². The number of benzene rings is 2. The number of rotatable bonds is 7. The van der Waals surface area contributed by atoms with Crippen molar-refractivity contribution in [3.63, 3.8) is 0 Å². The molecule has 2 heteroatoms. The normalized spacial score (nSPS) is 28.6. The molecule has 0 heterocycles. The molecule has 0 aliphatic heterocycles. The largest absolute Gasteiger partial charge is 0.393 e. The van der Waals surface area contributed by atoms with Crippen LogP contribution in [0.25, 0.3) is 0 Å². The second-order valence-corrected chi connectivity index (χ2v) is 12.4. The van der Waals surface area contributed by atoms with Crippen LogP contribution in [0.3, 0.4) is 0 Å². The Hall–Kier alpha value is -1.64. The second kappa shape index (κ2) is 9.78. The quantitative estimate of drug-likeness (QED) is 0.452. The first-order valence-corrected chi connectivity index (χ1v) is 13.6. The summed E-state index contributed by atoms with van der Waals surface area (Å²) < 4.78 is 6.80. The highest BCUT2D eigenvalue weighted by Gasteiger charge is 2.55. The molecule has 0 bridgehead atoms. The van der Waals surface area contributed by atoms with Crippen molar-refractivity contribution in [3.8, 4) is 0 Å². The Morgan fingerprint density at radius 2 is 1.65 bits per heavy atom. The van der Waals surface area contributed by atoms with E-state index < -0.39 is 0 Å². The third-order valence-electron chi connectivity index (χ3n) is 9.26. The van der Waals surface area contributed by atoms with Crippen LogP contribution in [0.4, 0.5) is 0 Å². The van der Waals surface area contributed by atoms with Gasteiger partial charge in [0.2, 0.25) is 0 Å². The van der Waals surface area contributed by atoms with Gasteiger partial charge in [-0.3, -0.25) is 0 Å². The Morgan fingerprint density at radius 3 is 2.29 bits per heavy atom. The minimum absolute atomic E-state index is 0.0231. The van der Waals surface area contributed by atoms with E-state index in [0.717, 1.165) is 6.42 Å². The van der Waals surface area contributed by atoms with Crippen LogP contribution in [0.1, 0.15) is 108 Å². The third kappa shape index (κ3) is 4.73. The van der Waals surface area contributed by atoms with Crippen molar-refractivity contribution in [1.82, 2.24) is 0 Å². The minimum Gasteiger partial charge on any atom is -0.393 e. The van der Waals surface area contributed by atoms with Crippen LogP contribution in [0.15, 0.2) is 48.5 Å². The van der Waals surface area contributed by atoms with Crippen molar-refractivity contribution < 1.29 is 9.84 Å². The van der Waals surface area contributed by atoms with Gasteiger partial charge < -0.3 is 9.84 Å². The number of hydrogen-bond acceptors (Lipinski definition) is 2. The number of aryl methyl sites for hydroxylation is 1. The van der Waals surface area contributed by atoms with Gasteiger partial charge in [0.05, 0.1) is 18.3 Å². The fourth-order valence-corrected chi connectivity index (χ4v) is 7.47. The van der Waals surface area contributed by atoms with Gasteiger partial charge in [-0.05, 0) is 96.8 Å². The third-order valence-corrected chi connectivity index (χ3v) is 9.26. The minimum atomic E-state index is -0.348. The number of aliphatic hydroxyl groups is 1. The average molecular weight is 463 g/mol. The van der Waals surface area contributed by atoms with Crippen LogP contribution in [0, 0.1) is 17.3 Å². The highest BCUT2D eigenvalue weighted by molar-refractivity contribution is 5.42. The van der Waals surface area contributed by atoms with Crippen molar-refractivity contribution in [2.45, 2.75) is 110 Å². The van der Waals surface area contributed by atoms with E-state index in [4.69, 9.17) is 4.74 Å².